The Morgan fingerprint density at radius 1 is 1.06 bits per heavy atom. The van der Waals surface area contributed by atoms with Crippen molar-refractivity contribution in [1.29, 1.82) is 0 Å². The predicted octanol–water partition coefficient (Wildman–Crippen LogP) is 4.78. The molecule has 1 aromatic carbocycles. The first-order valence-corrected chi connectivity index (χ1v) is 10.1. The number of furan rings is 1. The normalized spacial score (nSPS) is 14.6. The lowest BCUT2D eigenvalue weighted by Gasteiger charge is -2.27. The number of aromatic nitrogens is 1. The summed E-state index contributed by atoms with van der Waals surface area (Å²) in [4.78, 5) is 42.0. The molecule has 0 unspecified atom stereocenters. The third-order valence-electron chi connectivity index (χ3n) is 5.36. The molecule has 0 fully saturated rings. The number of benzene rings is 1. The maximum atomic E-state index is 13.9. The average molecular weight is 435 g/mol. The van der Waals surface area contributed by atoms with Crippen molar-refractivity contribution in [1.82, 2.24) is 4.98 Å². The summed E-state index contributed by atoms with van der Waals surface area (Å²) in [7, 11) is 0. The molecule has 0 saturated heterocycles. The van der Waals surface area contributed by atoms with E-state index in [4.69, 9.17) is 4.42 Å². The van der Waals surface area contributed by atoms with Gasteiger partial charge in [0.15, 0.2) is 11.5 Å². The van der Waals surface area contributed by atoms with Crippen LogP contribution in [0, 0.1) is 18.2 Å². The number of ketones is 1. The lowest BCUT2D eigenvalue weighted by molar-refractivity contribution is 0.0898. The average Bonchev–Trinajstić information content (AvgIpc) is 3.05. The second-order valence-corrected chi connectivity index (χ2v) is 8.61. The summed E-state index contributed by atoms with van der Waals surface area (Å²) in [5.74, 6) is -1.33. The topological polar surface area (TPSA) is 101 Å². The van der Waals surface area contributed by atoms with E-state index in [9.17, 15) is 18.8 Å². The van der Waals surface area contributed by atoms with Gasteiger partial charge in [0, 0.05) is 24.6 Å². The summed E-state index contributed by atoms with van der Waals surface area (Å²) in [6.45, 7) is 5.59. The number of rotatable bonds is 4. The van der Waals surface area contributed by atoms with E-state index < -0.39 is 17.6 Å². The number of pyridine rings is 1. The van der Waals surface area contributed by atoms with Crippen LogP contribution in [0.2, 0.25) is 0 Å². The van der Waals surface area contributed by atoms with Gasteiger partial charge >= 0.3 is 0 Å². The van der Waals surface area contributed by atoms with Gasteiger partial charge in [0.05, 0.1) is 16.9 Å². The van der Waals surface area contributed by atoms with Gasteiger partial charge in [-0.2, -0.15) is 0 Å². The lowest BCUT2D eigenvalue weighted by Crippen LogP contribution is -2.26. The Bertz CT molecular complexity index is 1230. The van der Waals surface area contributed by atoms with Crippen LogP contribution in [0.5, 0.6) is 0 Å². The molecule has 1 aliphatic rings. The van der Waals surface area contributed by atoms with Crippen LogP contribution in [-0.2, 0) is 6.42 Å². The molecular formula is C24H22FN3O4. The van der Waals surface area contributed by atoms with E-state index in [1.165, 1.54) is 24.4 Å². The van der Waals surface area contributed by atoms with Gasteiger partial charge in [-0.3, -0.25) is 19.4 Å². The standard InChI is InChI=1S/C24H22FN3O4/c1-13-20-18(29)11-24(2,3)12-19(20)32-21(13)23(31)28-17-10-14(25)7-8-15(17)27-22(30)16-6-4-5-9-26-16/h4-10H,11-12H2,1-3H3,(H,27,30)(H,28,31). The van der Waals surface area contributed by atoms with E-state index in [1.807, 2.05) is 13.8 Å². The largest absolute Gasteiger partial charge is 0.455 e. The van der Waals surface area contributed by atoms with Gasteiger partial charge in [-0.15, -0.1) is 0 Å². The van der Waals surface area contributed by atoms with Gasteiger partial charge in [-0.05, 0) is 42.7 Å². The number of anilines is 2. The van der Waals surface area contributed by atoms with Crippen LogP contribution in [0.3, 0.4) is 0 Å². The molecule has 32 heavy (non-hydrogen) atoms. The zero-order valence-corrected chi connectivity index (χ0v) is 17.9. The third-order valence-corrected chi connectivity index (χ3v) is 5.36. The van der Waals surface area contributed by atoms with Gasteiger partial charge in [0.25, 0.3) is 11.8 Å². The Hall–Kier alpha value is -3.81. The number of Topliss-reactive ketones (excluding diaryl/α,β-unsaturated/α-hetero) is 1. The number of amides is 2. The van der Waals surface area contributed by atoms with Crippen molar-refractivity contribution >= 4 is 29.0 Å². The number of hydrogen-bond acceptors (Lipinski definition) is 5. The zero-order chi connectivity index (χ0) is 23.0. The van der Waals surface area contributed by atoms with Crippen LogP contribution in [0.15, 0.2) is 47.0 Å². The molecule has 0 bridgehead atoms. The molecule has 0 spiro atoms. The number of carbonyl (C=O) groups excluding carboxylic acids is 3. The summed E-state index contributed by atoms with van der Waals surface area (Å²) in [5, 5.41) is 5.22. The molecule has 0 atom stereocenters. The van der Waals surface area contributed by atoms with Crippen LogP contribution in [-0.4, -0.2) is 22.6 Å². The number of fused-ring (bicyclic) bond motifs is 1. The molecule has 0 radical (unpaired) electrons. The van der Waals surface area contributed by atoms with Crippen LogP contribution in [0.25, 0.3) is 0 Å². The molecule has 0 aliphatic heterocycles. The fourth-order valence-corrected chi connectivity index (χ4v) is 3.89. The molecule has 3 aromatic rings. The second-order valence-electron chi connectivity index (χ2n) is 8.61. The summed E-state index contributed by atoms with van der Waals surface area (Å²) in [5.41, 5.74) is 1.06. The minimum absolute atomic E-state index is 0.00712. The number of halogens is 1. The minimum Gasteiger partial charge on any atom is -0.455 e. The molecule has 164 valence electrons. The Kier molecular flexibility index (Phi) is 5.38. The van der Waals surface area contributed by atoms with E-state index in [0.717, 1.165) is 6.07 Å². The van der Waals surface area contributed by atoms with E-state index >= 15 is 0 Å². The Morgan fingerprint density at radius 3 is 2.53 bits per heavy atom. The quantitative estimate of drug-likeness (QED) is 0.614. The first-order valence-electron chi connectivity index (χ1n) is 10.1. The smallest absolute Gasteiger partial charge is 0.291 e. The molecule has 2 N–H and O–H groups in total. The van der Waals surface area contributed by atoms with Gasteiger partial charge in [-0.25, -0.2) is 4.39 Å². The van der Waals surface area contributed by atoms with Crippen molar-refractivity contribution in [2.75, 3.05) is 10.6 Å². The van der Waals surface area contributed by atoms with Gasteiger partial charge in [-0.1, -0.05) is 19.9 Å². The van der Waals surface area contributed by atoms with Crippen molar-refractivity contribution < 1.29 is 23.2 Å². The van der Waals surface area contributed by atoms with Gasteiger partial charge in [0.2, 0.25) is 0 Å². The maximum Gasteiger partial charge on any atom is 0.291 e. The molecule has 8 heteroatoms. The molecule has 1 aliphatic carbocycles. The molecular weight excluding hydrogens is 413 g/mol. The van der Waals surface area contributed by atoms with Gasteiger partial charge < -0.3 is 15.1 Å². The Labute approximate surface area is 184 Å². The van der Waals surface area contributed by atoms with Crippen LogP contribution in [0.4, 0.5) is 15.8 Å². The second kappa shape index (κ2) is 8.03. The van der Waals surface area contributed by atoms with Crippen LogP contribution in [0.1, 0.15) is 63.0 Å². The minimum atomic E-state index is -0.638. The zero-order valence-electron chi connectivity index (χ0n) is 17.9. The van der Waals surface area contributed by atoms with Crippen molar-refractivity contribution in [2.24, 2.45) is 5.41 Å². The van der Waals surface area contributed by atoms with Crippen molar-refractivity contribution in [3.8, 4) is 0 Å². The Morgan fingerprint density at radius 2 is 1.81 bits per heavy atom. The lowest BCUT2D eigenvalue weighted by atomic mass is 9.76. The highest BCUT2D eigenvalue weighted by molar-refractivity contribution is 6.10. The van der Waals surface area contributed by atoms with Gasteiger partial charge in [0.1, 0.15) is 17.3 Å². The summed E-state index contributed by atoms with van der Waals surface area (Å²) in [6.07, 6.45) is 2.38. The monoisotopic (exact) mass is 435 g/mol. The fourth-order valence-electron chi connectivity index (χ4n) is 3.89. The number of nitrogens with zero attached hydrogens (tertiary/aromatic N) is 1. The third kappa shape index (κ3) is 4.16. The summed E-state index contributed by atoms with van der Waals surface area (Å²) < 4.78 is 19.7. The first-order chi connectivity index (χ1) is 15.1. The molecule has 2 amide bonds. The van der Waals surface area contributed by atoms with Crippen molar-refractivity contribution in [3.05, 3.63) is 76.8 Å². The van der Waals surface area contributed by atoms with Crippen molar-refractivity contribution in [2.45, 2.75) is 33.6 Å². The Balaban J connectivity index is 1.61. The summed E-state index contributed by atoms with van der Waals surface area (Å²) >= 11 is 0. The van der Waals surface area contributed by atoms with E-state index in [2.05, 4.69) is 15.6 Å². The SMILES string of the molecule is Cc1c(C(=O)Nc2cc(F)ccc2NC(=O)c2ccccn2)oc2c1C(=O)CC(C)(C)C2. The summed E-state index contributed by atoms with van der Waals surface area (Å²) in [6, 6.07) is 8.49. The van der Waals surface area contributed by atoms with Crippen LogP contribution >= 0.6 is 0 Å². The number of carbonyl (C=O) groups is 3. The highest BCUT2D eigenvalue weighted by Crippen LogP contribution is 2.38. The fraction of sp³-hybridized carbons (Fsp3) is 0.250. The van der Waals surface area contributed by atoms with E-state index in [0.29, 0.717) is 29.7 Å². The van der Waals surface area contributed by atoms with E-state index in [-0.39, 0.29) is 34.0 Å². The number of nitrogens with one attached hydrogen (secondary N) is 2. The highest BCUT2D eigenvalue weighted by Gasteiger charge is 2.37. The molecule has 7 nitrogen and oxygen atoms in total. The maximum absolute atomic E-state index is 13.9. The molecule has 4 rings (SSSR count). The van der Waals surface area contributed by atoms with Crippen molar-refractivity contribution in [3.63, 3.8) is 0 Å². The molecule has 2 heterocycles. The predicted molar refractivity (Wildman–Crippen MR) is 116 cm³/mol. The van der Waals surface area contributed by atoms with E-state index in [1.54, 1.807) is 19.1 Å². The highest BCUT2D eigenvalue weighted by atomic mass is 19.1. The molecule has 2 aromatic heterocycles. The first kappa shape index (κ1) is 21.4. The van der Waals surface area contributed by atoms with Crippen LogP contribution < -0.4 is 10.6 Å². The molecule has 0 saturated carbocycles. The number of hydrogen-bond donors (Lipinski definition) is 2.